The van der Waals surface area contributed by atoms with Gasteiger partial charge in [-0.1, -0.05) is 116 Å². The van der Waals surface area contributed by atoms with Crippen LogP contribution in [0.25, 0.3) is 0 Å². The lowest BCUT2D eigenvalue weighted by Crippen LogP contribution is -2.24. The van der Waals surface area contributed by atoms with Crippen molar-refractivity contribution < 1.29 is 25.9 Å². The summed E-state index contributed by atoms with van der Waals surface area (Å²) < 4.78 is 53.6. The van der Waals surface area contributed by atoms with Crippen molar-refractivity contribution in [2.45, 2.75) is 205 Å². The highest BCUT2D eigenvalue weighted by molar-refractivity contribution is 6.23. The molecule has 0 amide bonds. The van der Waals surface area contributed by atoms with Crippen LogP contribution >= 0.6 is 0 Å². The Morgan fingerprint density at radius 1 is 0.429 bits per heavy atom. The molecule has 4 heteroatoms. The van der Waals surface area contributed by atoms with Gasteiger partial charge in [-0.2, -0.15) is 0 Å². The van der Waals surface area contributed by atoms with Crippen LogP contribution in [0.3, 0.4) is 0 Å². The molecule has 0 aliphatic heterocycles. The van der Waals surface area contributed by atoms with Crippen molar-refractivity contribution in [2.75, 3.05) is 14.2 Å². The lowest BCUT2D eigenvalue weighted by atomic mass is 9.90. The van der Waals surface area contributed by atoms with Crippen molar-refractivity contribution in [3.05, 3.63) is 139 Å². The number of methoxy groups -OCH3 is 2. The summed E-state index contributed by atoms with van der Waals surface area (Å²) in [6.07, 6.45) is 33.0. The predicted octanol–water partition coefficient (Wildman–Crippen LogP) is 17.9. The van der Waals surface area contributed by atoms with Crippen LogP contribution in [0, 0.1) is 0 Å². The number of hydrogen-bond donors (Lipinski definition) is 0. The molecule has 0 aromatic rings. The molecule has 1 aliphatic rings. The number of rotatable bonds is 31. The van der Waals surface area contributed by atoms with Crippen molar-refractivity contribution in [3.8, 4) is 0 Å². The summed E-state index contributed by atoms with van der Waals surface area (Å²) in [6.45, 7) is 24.7. The fourth-order valence-corrected chi connectivity index (χ4v) is 7.10. The van der Waals surface area contributed by atoms with E-state index in [-0.39, 0.29) is 23.3 Å². The van der Waals surface area contributed by atoms with Gasteiger partial charge in [-0.05, 0) is 205 Å². The van der Waals surface area contributed by atoms with E-state index in [1.807, 2.05) is 6.92 Å². The van der Waals surface area contributed by atoms with Crippen LogP contribution in [-0.2, 0) is 19.1 Å². The number of allylic oxidation sites excluding steroid dienone is 22. The molecule has 1 rings (SSSR count). The quantitative estimate of drug-likeness (QED) is 0.0514. The van der Waals surface area contributed by atoms with Gasteiger partial charge < -0.3 is 9.47 Å². The van der Waals surface area contributed by atoms with Gasteiger partial charge in [0, 0.05) is 16.6 Å². The van der Waals surface area contributed by atoms with E-state index in [9.17, 15) is 9.59 Å². The molecule has 0 N–H and O–H groups in total. The van der Waals surface area contributed by atoms with E-state index in [4.69, 9.17) is 16.3 Å². The van der Waals surface area contributed by atoms with Crippen molar-refractivity contribution in [1.29, 1.82) is 0 Å². The van der Waals surface area contributed by atoms with Gasteiger partial charge in [-0.25, -0.2) is 0 Å². The number of ketones is 2. The molecular weight excluding hydrogens is 773 g/mol. The highest BCUT2D eigenvalue weighted by Crippen LogP contribution is 2.28. The monoisotopic (exact) mass is 868 g/mol. The van der Waals surface area contributed by atoms with Gasteiger partial charge in [0.1, 0.15) is 0 Å². The van der Waals surface area contributed by atoms with Gasteiger partial charge in [0.25, 0.3) is 0 Å². The van der Waals surface area contributed by atoms with Gasteiger partial charge in [-0.15, -0.1) is 0 Å². The molecule has 0 saturated heterocycles. The van der Waals surface area contributed by atoms with Gasteiger partial charge in [-0.3, -0.25) is 9.59 Å². The zero-order chi connectivity index (χ0) is 51.6. The molecule has 63 heavy (non-hydrogen) atoms. The molecule has 0 saturated carbocycles. The molecule has 0 aromatic carbocycles. The molecule has 350 valence electrons. The lowest BCUT2D eigenvalue weighted by molar-refractivity contribution is -0.121. The minimum Gasteiger partial charge on any atom is -0.489 e. The Hall–Kier alpha value is -4.18. The van der Waals surface area contributed by atoms with Crippen LogP contribution in [0.15, 0.2) is 139 Å². The van der Waals surface area contributed by atoms with Crippen molar-refractivity contribution in [3.63, 3.8) is 0 Å². The number of carbonyl (C=O) groups excluding carboxylic acids is 2. The molecule has 0 atom stereocenters. The number of ether oxygens (including phenoxy) is 2. The first-order chi connectivity index (χ1) is 31.9. The maximum Gasteiger partial charge on any atom is 0.228 e. The average molecular weight is 868 g/mol. The topological polar surface area (TPSA) is 52.6 Å². The third kappa shape index (κ3) is 26.3. The second kappa shape index (κ2) is 33.3. The van der Waals surface area contributed by atoms with Gasteiger partial charge in [0.15, 0.2) is 0 Å². The summed E-state index contributed by atoms with van der Waals surface area (Å²) >= 11 is 0. The summed E-state index contributed by atoms with van der Waals surface area (Å²) in [4.78, 5) is 26.1. The van der Waals surface area contributed by atoms with Gasteiger partial charge >= 0.3 is 0 Å². The highest BCUT2D eigenvalue weighted by atomic mass is 16.5. The van der Waals surface area contributed by atoms with Crippen LogP contribution in [0.4, 0.5) is 0 Å². The van der Waals surface area contributed by atoms with Crippen LogP contribution in [0.5, 0.6) is 0 Å². The third-order valence-electron chi connectivity index (χ3n) is 11.5. The Morgan fingerprint density at radius 2 is 0.698 bits per heavy atom. The van der Waals surface area contributed by atoms with Gasteiger partial charge in [0.05, 0.1) is 15.6 Å². The van der Waals surface area contributed by atoms with Crippen molar-refractivity contribution >= 4 is 11.6 Å². The highest BCUT2D eigenvalue weighted by Gasteiger charge is 2.34. The Balaban J connectivity index is 2.50. The Bertz CT molecular complexity index is 2080. The van der Waals surface area contributed by atoms with Crippen LogP contribution < -0.4 is 0 Å². The summed E-state index contributed by atoms with van der Waals surface area (Å²) in [5, 5.41) is 0. The minimum atomic E-state index is -2.74. The fourth-order valence-electron chi connectivity index (χ4n) is 7.10. The zero-order valence-electron chi connectivity index (χ0n) is 47.3. The molecule has 0 heterocycles. The molecule has 4 nitrogen and oxygen atoms in total. The van der Waals surface area contributed by atoms with Crippen molar-refractivity contribution in [1.82, 2.24) is 0 Å². The van der Waals surface area contributed by atoms with E-state index < -0.39 is 41.7 Å². The van der Waals surface area contributed by atoms with E-state index in [2.05, 4.69) is 111 Å². The zero-order valence-corrected chi connectivity index (χ0v) is 42.3. The second-order valence-corrected chi connectivity index (χ2v) is 18.0. The Morgan fingerprint density at radius 3 is 0.984 bits per heavy atom. The molecule has 0 unspecified atom stereocenters. The SMILES string of the molecule is [2H]/C(=C(/C)C([2H])([2H])C/C=C(\C)CC/C=C(\C)CC/C=C(\C)CC/C=C(\C)CC/C=C(\C)CC/C=C(\C)CC/C=C(\C)CC/C=C(\C)CCC=C(C)C)C([2H])([2H])C1=C(C)C(=O)C(OC)=C(OC)C1=O. The third-order valence-corrected chi connectivity index (χ3v) is 11.5. The number of hydrogen-bond acceptors (Lipinski definition) is 4. The second-order valence-electron chi connectivity index (χ2n) is 18.0. The van der Waals surface area contributed by atoms with Gasteiger partial charge in [0.2, 0.25) is 23.1 Å². The fraction of sp³-hybridized carbons (Fsp3) is 0.559. The molecule has 0 radical (unpaired) electrons. The van der Waals surface area contributed by atoms with Crippen molar-refractivity contribution in [2.24, 2.45) is 0 Å². The van der Waals surface area contributed by atoms with Crippen LogP contribution in [0.1, 0.15) is 212 Å². The van der Waals surface area contributed by atoms with Crippen LogP contribution in [-0.4, -0.2) is 25.8 Å². The summed E-state index contributed by atoms with van der Waals surface area (Å²) in [6, 6.07) is -0.700. The maximum absolute atomic E-state index is 13.2. The Labute approximate surface area is 394 Å². The normalized spacial score (nSPS) is 17.7. The lowest BCUT2D eigenvalue weighted by Gasteiger charge is -2.19. The molecule has 1 aliphatic carbocycles. The van der Waals surface area contributed by atoms with Crippen LogP contribution in [0.2, 0.25) is 0 Å². The van der Waals surface area contributed by atoms with E-state index in [0.29, 0.717) is 0 Å². The van der Waals surface area contributed by atoms with E-state index in [1.54, 1.807) is 6.08 Å². The minimum absolute atomic E-state index is 0.0587. The molecule has 0 aromatic heterocycles. The first-order valence-electron chi connectivity index (χ1n) is 26.1. The smallest absolute Gasteiger partial charge is 0.228 e. The van der Waals surface area contributed by atoms with E-state index >= 15 is 0 Å². The number of Topliss-reactive ketones (excluding diaryl/α,β-unsaturated/α-hetero) is 2. The average Bonchev–Trinajstić information content (AvgIpc) is 3.26. The summed E-state index contributed by atoms with van der Waals surface area (Å²) in [5.74, 6) is -2.37. The predicted molar refractivity (Wildman–Crippen MR) is 275 cm³/mol. The maximum atomic E-state index is 13.2. The molecule has 0 fully saturated rings. The first kappa shape index (κ1) is 48.3. The molecule has 0 spiro atoms. The molecular formula is C59H90O4. The molecule has 0 bridgehead atoms. The number of carbonyl (C=O) groups is 2. The standard InChI is InChI=1S/C59H90O4/c1-44(2)24-15-25-45(3)26-16-27-46(4)28-17-29-47(5)30-18-31-48(6)32-19-33-49(7)34-20-35-50(8)36-21-37-51(9)38-22-39-52(10)40-23-41-53(11)42-43-55-54(12)56(60)58(62-13)59(63-14)57(55)61/h24,26,28,30,32,34,36,38,40,42H,15-23,25,27,29,31,33,35,37,39,41,43H2,1-14H3/b45-26+,46-28+,47-30+,48-32+,49-34+,50-36+,51-38+,52-40+,53-42+/i41D2,42D,43D2. The van der Waals surface area contributed by atoms with E-state index in [0.717, 1.165) is 102 Å². The summed E-state index contributed by atoms with van der Waals surface area (Å²) in [7, 11) is 2.40. The first-order valence-corrected chi connectivity index (χ1v) is 23.6. The largest absolute Gasteiger partial charge is 0.489 e. The Kier molecular flexibility index (Phi) is 25.6. The summed E-state index contributed by atoms with van der Waals surface area (Å²) in [5.41, 5.74) is 11.7. The van der Waals surface area contributed by atoms with E-state index in [1.165, 1.54) is 79.1 Å².